The third-order valence-electron chi connectivity index (χ3n) is 6.53. The number of carbonyl (C=O) groups is 2. The fourth-order valence-electron chi connectivity index (χ4n) is 4.98. The van der Waals surface area contributed by atoms with Crippen molar-refractivity contribution in [3.63, 3.8) is 0 Å². The molecule has 5 aliphatic rings. The maximum absolute atomic E-state index is 12.7. The Morgan fingerprint density at radius 1 is 1.31 bits per heavy atom. The van der Waals surface area contributed by atoms with Crippen LogP contribution in [-0.2, 0) is 4.79 Å². The van der Waals surface area contributed by atoms with Crippen LogP contribution in [0.4, 0.5) is 0 Å². The molecule has 1 aromatic carbocycles. The summed E-state index contributed by atoms with van der Waals surface area (Å²) in [5.74, 6) is 1.82. The molecule has 6 nitrogen and oxygen atoms in total. The number of nitrogens with one attached hydrogen (secondary N) is 2. The molecule has 6 rings (SSSR count). The van der Waals surface area contributed by atoms with Crippen LogP contribution in [0, 0.1) is 17.8 Å². The summed E-state index contributed by atoms with van der Waals surface area (Å²) in [5.41, 5.74) is -0.142. The van der Waals surface area contributed by atoms with Gasteiger partial charge >= 0.3 is 0 Å². The van der Waals surface area contributed by atoms with E-state index in [0.29, 0.717) is 29.5 Å². The van der Waals surface area contributed by atoms with Gasteiger partial charge in [0.05, 0.1) is 12.7 Å². The number of benzene rings is 1. The number of methoxy groups -OCH3 is 1. The summed E-state index contributed by atoms with van der Waals surface area (Å²) in [7, 11) is 1.60. The molecule has 4 atom stereocenters. The molecule has 4 fully saturated rings. The highest BCUT2D eigenvalue weighted by Crippen LogP contribution is 2.52. The summed E-state index contributed by atoms with van der Waals surface area (Å²) in [6, 6.07) is 5.69. The first-order chi connectivity index (χ1) is 12.6. The maximum Gasteiger partial charge on any atom is 0.258 e. The van der Waals surface area contributed by atoms with Crippen molar-refractivity contribution in [1.82, 2.24) is 10.6 Å². The van der Waals surface area contributed by atoms with Crippen molar-refractivity contribution >= 4 is 11.8 Å². The molecule has 4 unspecified atom stereocenters. The van der Waals surface area contributed by atoms with Crippen LogP contribution in [0.1, 0.15) is 48.9 Å². The topological polar surface area (TPSA) is 76.7 Å². The van der Waals surface area contributed by atoms with Gasteiger partial charge < -0.3 is 20.1 Å². The highest BCUT2D eigenvalue weighted by atomic mass is 16.5. The average molecular weight is 356 g/mol. The minimum atomic E-state index is -0.685. The van der Waals surface area contributed by atoms with Crippen LogP contribution in [-0.4, -0.2) is 30.7 Å². The second-order valence-corrected chi connectivity index (χ2v) is 8.17. The van der Waals surface area contributed by atoms with E-state index < -0.39 is 5.72 Å². The Balaban J connectivity index is 1.40. The molecule has 4 saturated carbocycles. The minimum absolute atomic E-state index is 0.0483. The van der Waals surface area contributed by atoms with Crippen LogP contribution in [0.2, 0.25) is 0 Å². The number of ether oxygens (including phenoxy) is 2. The van der Waals surface area contributed by atoms with Gasteiger partial charge in [0, 0.05) is 30.4 Å². The van der Waals surface area contributed by atoms with Crippen molar-refractivity contribution in [3.05, 3.63) is 23.8 Å². The van der Waals surface area contributed by atoms with Gasteiger partial charge in [-0.1, -0.05) is 0 Å². The third kappa shape index (κ3) is 2.46. The van der Waals surface area contributed by atoms with Gasteiger partial charge in [-0.15, -0.1) is 0 Å². The summed E-state index contributed by atoms with van der Waals surface area (Å²) in [6.07, 6.45) is 5.70. The van der Waals surface area contributed by atoms with Crippen LogP contribution in [0.5, 0.6) is 11.5 Å². The zero-order valence-corrected chi connectivity index (χ0v) is 14.9. The monoisotopic (exact) mass is 356 g/mol. The van der Waals surface area contributed by atoms with Crippen LogP contribution in [0.15, 0.2) is 18.2 Å². The molecule has 1 spiro atoms. The molecule has 2 N–H and O–H groups in total. The fourth-order valence-corrected chi connectivity index (χ4v) is 4.98. The SMILES string of the molecule is COc1ccc2c(c1)OC1(CC3CCC1CC3C(=O)NC1CC1)NC2=O. The quantitative estimate of drug-likeness (QED) is 0.871. The summed E-state index contributed by atoms with van der Waals surface area (Å²) in [5, 5.41) is 6.29. The van der Waals surface area contributed by atoms with E-state index in [2.05, 4.69) is 10.6 Å². The predicted molar refractivity (Wildman–Crippen MR) is 93.9 cm³/mol. The number of rotatable bonds is 3. The minimum Gasteiger partial charge on any atom is -0.497 e. The lowest BCUT2D eigenvalue weighted by Crippen LogP contribution is -2.67. The van der Waals surface area contributed by atoms with Crippen molar-refractivity contribution in [2.45, 2.75) is 50.3 Å². The molecule has 138 valence electrons. The van der Waals surface area contributed by atoms with Gasteiger partial charge in [0.15, 0.2) is 5.72 Å². The van der Waals surface area contributed by atoms with E-state index in [1.165, 1.54) is 0 Å². The third-order valence-corrected chi connectivity index (χ3v) is 6.53. The lowest BCUT2D eigenvalue weighted by Gasteiger charge is -2.55. The summed E-state index contributed by atoms with van der Waals surface area (Å²) in [6.45, 7) is 0. The van der Waals surface area contributed by atoms with Gasteiger partial charge in [-0.25, -0.2) is 0 Å². The molecule has 0 aromatic heterocycles. The number of hydrogen-bond donors (Lipinski definition) is 2. The summed E-state index contributed by atoms with van der Waals surface area (Å²) >= 11 is 0. The predicted octanol–water partition coefficient (Wildman–Crippen LogP) is 2.23. The first-order valence-corrected chi connectivity index (χ1v) is 9.58. The van der Waals surface area contributed by atoms with Crippen LogP contribution >= 0.6 is 0 Å². The Kier molecular flexibility index (Phi) is 3.46. The van der Waals surface area contributed by atoms with E-state index in [4.69, 9.17) is 9.47 Å². The molecule has 26 heavy (non-hydrogen) atoms. The van der Waals surface area contributed by atoms with Crippen LogP contribution < -0.4 is 20.1 Å². The maximum atomic E-state index is 12.7. The lowest BCUT2D eigenvalue weighted by molar-refractivity contribution is -0.146. The number of fused-ring (bicyclic) bond motifs is 3. The zero-order valence-electron chi connectivity index (χ0n) is 14.9. The Morgan fingerprint density at radius 3 is 2.85 bits per heavy atom. The molecule has 1 heterocycles. The standard InChI is InChI=1S/C20H24N2O4/c1-25-14-6-7-15-17(9-14)26-20(22-19(15)24)10-11-2-3-12(20)8-16(11)18(23)21-13-4-5-13/h6-7,9,11-13,16H,2-5,8,10H2,1H3,(H,21,23)(H,22,24). The molecule has 2 amide bonds. The molecule has 6 heteroatoms. The van der Waals surface area contributed by atoms with E-state index in [0.717, 1.165) is 32.1 Å². The van der Waals surface area contributed by atoms with E-state index in [1.807, 2.05) is 0 Å². The Bertz CT molecular complexity index is 775. The van der Waals surface area contributed by atoms with Gasteiger partial charge in [-0.3, -0.25) is 9.59 Å². The van der Waals surface area contributed by atoms with Crippen LogP contribution in [0.3, 0.4) is 0 Å². The molecule has 2 bridgehead atoms. The van der Waals surface area contributed by atoms with Gasteiger partial charge in [-0.05, 0) is 50.2 Å². The molecule has 1 aromatic rings. The van der Waals surface area contributed by atoms with Gasteiger partial charge in [0.2, 0.25) is 5.91 Å². The van der Waals surface area contributed by atoms with E-state index in [1.54, 1.807) is 25.3 Å². The highest BCUT2D eigenvalue weighted by Gasteiger charge is 2.57. The first kappa shape index (κ1) is 16.0. The van der Waals surface area contributed by atoms with E-state index in [9.17, 15) is 9.59 Å². The largest absolute Gasteiger partial charge is 0.497 e. The Labute approximate surface area is 152 Å². The second kappa shape index (κ2) is 5.63. The normalized spacial score (nSPS) is 34.7. The molecular weight excluding hydrogens is 332 g/mol. The van der Waals surface area contributed by atoms with Crippen molar-refractivity contribution in [2.75, 3.05) is 7.11 Å². The molecular formula is C20H24N2O4. The van der Waals surface area contributed by atoms with Gasteiger partial charge in [0.1, 0.15) is 11.5 Å². The number of carbonyl (C=O) groups excluding carboxylic acids is 2. The van der Waals surface area contributed by atoms with E-state index >= 15 is 0 Å². The summed E-state index contributed by atoms with van der Waals surface area (Å²) < 4.78 is 11.7. The molecule has 1 aliphatic heterocycles. The fraction of sp³-hybridized carbons (Fsp3) is 0.600. The second-order valence-electron chi connectivity index (χ2n) is 8.17. The Morgan fingerprint density at radius 2 is 2.15 bits per heavy atom. The first-order valence-electron chi connectivity index (χ1n) is 9.58. The number of amides is 2. The molecule has 4 aliphatic carbocycles. The average Bonchev–Trinajstić information content (AvgIpc) is 3.45. The van der Waals surface area contributed by atoms with Crippen molar-refractivity contribution in [1.29, 1.82) is 0 Å². The Hall–Kier alpha value is -2.24. The molecule has 0 radical (unpaired) electrons. The van der Waals surface area contributed by atoms with Gasteiger partial charge in [0.25, 0.3) is 5.91 Å². The van der Waals surface area contributed by atoms with Crippen molar-refractivity contribution in [3.8, 4) is 11.5 Å². The zero-order chi connectivity index (χ0) is 17.9. The van der Waals surface area contributed by atoms with Crippen molar-refractivity contribution in [2.24, 2.45) is 17.8 Å². The summed E-state index contributed by atoms with van der Waals surface area (Å²) in [4.78, 5) is 25.3. The molecule has 0 saturated heterocycles. The smallest absolute Gasteiger partial charge is 0.258 e. The van der Waals surface area contributed by atoms with Gasteiger partial charge in [-0.2, -0.15) is 0 Å². The highest BCUT2D eigenvalue weighted by molar-refractivity contribution is 5.98. The number of hydrogen-bond acceptors (Lipinski definition) is 4. The van der Waals surface area contributed by atoms with Crippen LogP contribution in [0.25, 0.3) is 0 Å². The lowest BCUT2D eigenvalue weighted by atomic mass is 9.60. The van der Waals surface area contributed by atoms with Crippen molar-refractivity contribution < 1.29 is 19.1 Å². The van der Waals surface area contributed by atoms with E-state index in [-0.39, 0.29) is 29.6 Å².